The summed E-state index contributed by atoms with van der Waals surface area (Å²) in [5.41, 5.74) is 0. The predicted molar refractivity (Wildman–Crippen MR) is 78.0 cm³/mol. The van der Waals surface area contributed by atoms with Gasteiger partial charge in [0.05, 0.1) is 0 Å². The number of amides is 2. The number of hydrogen-bond acceptors (Lipinski definition) is 2. The lowest BCUT2D eigenvalue weighted by Crippen LogP contribution is -2.49. The third kappa shape index (κ3) is 4.68. The van der Waals surface area contributed by atoms with Crippen molar-refractivity contribution >= 4 is 6.03 Å². The van der Waals surface area contributed by atoms with Gasteiger partial charge in [0.25, 0.3) is 0 Å². The summed E-state index contributed by atoms with van der Waals surface area (Å²) >= 11 is 0. The fourth-order valence-electron chi connectivity index (χ4n) is 2.67. The topological polar surface area (TPSA) is 52.6 Å². The lowest BCUT2D eigenvalue weighted by molar-refractivity contribution is 0.131. The van der Waals surface area contributed by atoms with Gasteiger partial charge in [-0.2, -0.15) is 0 Å². The average Bonchev–Trinajstić information content (AvgIpc) is 2.45. The molecular weight excluding hydrogens is 240 g/mol. The Morgan fingerprint density at radius 1 is 1.32 bits per heavy atom. The summed E-state index contributed by atoms with van der Waals surface area (Å²) in [5, 5.41) is 12.2. The van der Waals surface area contributed by atoms with Crippen LogP contribution in [0.3, 0.4) is 0 Å². The van der Waals surface area contributed by atoms with Crippen LogP contribution in [0.1, 0.15) is 52.9 Å². The first-order valence-electron chi connectivity index (χ1n) is 7.63. The van der Waals surface area contributed by atoms with Crippen LogP contribution in [0.25, 0.3) is 0 Å². The first-order valence-corrected chi connectivity index (χ1v) is 7.63. The van der Waals surface area contributed by atoms with Gasteiger partial charge >= 0.3 is 6.03 Å². The quantitative estimate of drug-likeness (QED) is 0.807. The van der Waals surface area contributed by atoms with Gasteiger partial charge in [-0.1, -0.05) is 20.3 Å². The highest BCUT2D eigenvalue weighted by molar-refractivity contribution is 5.74. The second-order valence-electron chi connectivity index (χ2n) is 6.09. The average molecular weight is 270 g/mol. The lowest BCUT2D eigenvalue weighted by atomic mass is 9.86. The van der Waals surface area contributed by atoms with E-state index >= 15 is 0 Å². The standard InChI is InChI=1S/C15H30N2O2/c1-5-11(2)12(3)16-15(19)17(4)14-8-6-13(10-18)7-9-14/h11-14,18H,5-10H2,1-4H3,(H,16,19). The molecule has 0 aromatic carbocycles. The molecule has 2 unspecified atom stereocenters. The molecule has 0 aromatic rings. The zero-order valence-corrected chi connectivity index (χ0v) is 12.9. The van der Waals surface area contributed by atoms with Crippen molar-refractivity contribution in [3.05, 3.63) is 0 Å². The van der Waals surface area contributed by atoms with E-state index in [2.05, 4.69) is 26.1 Å². The zero-order valence-electron chi connectivity index (χ0n) is 12.9. The van der Waals surface area contributed by atoms with Crippen molar-refractivity contribution in [2.45, 2.75) is 65.0 Å². The maximum absolute atomic E-state index is 12.2. The van der Waals surface area contributed by atoms with Gasteiger partial charge in [0, 0.05) is 25.7 Å². The molecule has 1 fully saturated rings. The van der Waals surface area contributed by atoms with Crippen LogP contribution in [0.2, 0.25) is 0 Å². The van der Waals surface area contributed by atoms with Crippen molar-refractivity contribution in [1.82, 2.24) is 10.2 Å². The highest BCUT2D eigenvalue weighted by atomic mass is 16.3. The maximum Gasteiger partial charge on any atom is 0.317 e. The highest BCUT2D eigenvalue weighted by Crippen LogP contribution is 2.26. The summed E-state index contributed by atoms with van der Waals surface area (Å²) in [6.45, 7) is 6.67. The fraction of sp³-hybridized carbons (Fsp3) is 0.933. The number of hydrogen-bond donors (Lipinski definition) is 2. The smallest absolute Gasteiger partial charge is 0.317 e. The van der Waals surface area contributed by atoms with E-state index in [1.807, 2.05) is 11.9 Å². The number of aliphatic hydroxyl groups excluding tert-OH is 1. The molecule has 0 saturated heterocycles. The maximum atomic E-state index is 12.2. The van der Waals surface area contributed by atoms with Gasteiger partial charge in [0.2, 0.25) is 0 Å². The Morgan fingerprint density at radius 3 is 2.37 bits per heavy atom. The summed E-state index contributed by atoms with van der Waals surface area (Å²) in [4.78, 5) is 14.0. The van der Waals surface area contributed by atoms with Crippen LogP contribution >= 0.6 is 0 Å². The number of urea groups is 1. The summed E-state index contributed by atoms with van der Waals surface area (Å²) in [6.07, 6.45) is 5.14. The van der Waals surface area contributed by atoms with Gasteiger partial charge in [-0.15, -0.1) is 0 Å². The molecule has 1 saturated carbocycles. The van der Waals surface area contributed by atoms with Crippen molar-refractivity contribution < 1.29 is 9.90 Å². The number of rotatable bonds is 5. The highest BCUT2D eigenvalue weighted by Gasteiger charge is 2.27. The largest absolute Gasteiger partial charge is 0.396 e. The molecular formula is C15H30N2O2. The normalized spacial score (nSPS) is 26.6. The Kier molecular flexibility index (Phi) is 6.63. The number of carbonyl (C=O) groups excluding carboxylic acids is 1. The van der Waals surface area contributed by atoms with Gasteiger partial charge in [-0.25, -0.2) is 4.79 Å². The molecule has 4 nitrogen and oxygen atoms in total. The first kappa shape index (κ1) is 16.3. The van der Waals surface area contributed by atoms with Crippen LogP contribution < -0.4 is 5.32 Å². The molecule has 0 aromatic heterocycles. The van der Waals surface area contributed by atoms with Gasteiger partial charge in [0.1, 0.15) is 0 Å². The van der Waals surface area contributed by atoms with Crippen LogP contribution in [0.5, 0.6) is 0 Å². The molecule has 0 heterocycles. The molecule has 2 amide bonds. The Labute approximate surface area is 117 Å². The Morgan fingerprint density at radius 2 is 1.89 bits per heavy atom. The van der Waals surface area contributed by atoms with Gasteiger partial charge in [0.15, 0.2) is 0 Å². The van der Waals surface area contributed by atoms with Gasteiger partial charge < -0.3 is 15.3 Å². The van der Waals surface area contributed by atoms with Gasteiger partial charge in [-0.3, -0.25) is 0 Å². The molecule has 1 aliphatic carbocycles. The lowest BCUT2D eigenvalue weighted by Gasteiger charge is -2.35. The fourth-order valence-corrected chi connectivity index (χ4v) is 2.67. The van der Waals surface area contributed by atoms with Gasteiger partial charge in [-0.05, 0) is 44.4 Å². The minimum absolute atomic E-state index is 0.0419. The second kappa shape index (κ2) is 7.73. The number of carbonyl (C=O) groups is 1. The molecule has 112 valence electrons. The first-order chi connectivity index (χ1) is 8.99. The van der Waals surface area contributed by atoms with Crippen molar-refractivity contribution in [1.29, 1.82) is 0 Å². The number of nitrogens with one attached hydrogen (secondary N) is 1. The molecule has 2 atom stereocenters. The number of aliphatic hydroxyl groups is 1. The molecule has 1 rings (SSSR count). The van der Waals surface area contributed by atoms with E-state index in [0.717, 1.165) is 32.1 Å². The van der Waals surface area contributed by atoms with E-state index in [0.29, 0.717) is 17.9 Å². The van der Waals surface area contributed by atoms with Crippen molar-refractivity contribution in [3.8, 4) is 0 Å². The van der Waals surface area contributed by atoms with E-state index in [9.17, 15) is 4.79 Å². The van der Waals surface area contributed by atoms with E-state index in [1.165, 1.54) is 0 Å². The minimum Gasteiger partial charge on any atom is -0.396 e. The van der Waals surface area contributed by atoms with E-state index in [1.54, 1.807) is 0 Å². The minimum atomic E-state index is 0.0419. The monoisotopic (exact) mass is 270 g/mol. The van der Waals surface area contributed by atoms with Crippen molar-refractivity contribution in [3.63, 3.8) is 0 Å². The molecule has 19 heavy (non-hydrogen) atoms. The summed E-state index contributed by atoms with van der Waals surface area (Å²) < 4.78 is 0. The summed E-state index contributed by atoms with van der Waals surface area (Å²) in [6, 6.07) is 0.584. The molecule has 1 aliphatic rings. The summed E-state index contributed by atoms with van der Waals surface area (Å²) in [5.74, 6) is 0.939. The third-order valence-electron chi connectivity index (χ3n) is 4.79. The van der Waals surface area contributed by atoms with E-state index in [4.69, 9.17) is 5.11 Å². The van der Waals surface area contributed by atoms with Crippen LogP contribution in [0.15, 0.2) is 0 Å². The molecule has 4 heteroatoms. The van der Waals surface area contributed by atoms with Crippen LogP contribution in [-0.2, 0) is 0 Å². The predicted octanol–water partition coefficient (Wildman–Crippen LogP) is 2.61. The molecule has 0 bridgehead atoms. The summed E-state index contributed by atoms with van der Waals surface area (Å²) in [7, 11) is 1.89. The Bertz CT molecular complexity index is 275. The van der Waals surface area contributed by atoms with E-state index < -0.39 is 0 Å². The van der Waals surface area contributed by atoms with Crippen molar-refractivity contribution in [2.75, 3.05) is 13.7 Å². The van der Waals surface area contributed by atoms with Crippen LogP contribution in [-0.4, -0.2) is 41.8 Å². The van der Waals surface area contributed by atoms with Crippen LogP contribution in [0.4, 0.5) is 4.79 Å². The van der Waals surface area contributed by atoms with Crippen molar-refractivity contribution in [2.24, 2.45) is 11.8 Å². The number of nitrogens with zero attached hydrogens (tertiary/aromatic N) is 1. The molecule has 0 spiro atoms. The zero-order chi connectivity index (χ0) is 14.4. The Hall–Kier alpha value is -0.770. The SMILES string of the molecule is CCC(C)C(C)NC(=O)N(C)C1CCC(CO)CC1. The van der Waals surface area contributed by atoms with E-state index in [-0.39, 0.29) is 18.7 Å². The molecule has 0 aliphatic heterocycles. The second-order valence-corrected chi connectivity index (χ2v) is 6.09. The molecule has 0 radical (unpaired) electrons. The Balaban J connectivity index is 2.40. The molecule has 2 N–H and O–H groups in total. The third-order valence-corrected chi connectivity index (χ3v) is 4.79. The van der Waals surface area contributed by atoms with Crippen LogP contribution in [0, 0.1) is 11.8 Å².